The minimum Gasteiger partial charge on any atom is -0.382 e. The number of rotatable bonds is 7. The smallest absolute Gasteiger partial charge is 0.248 e. The number of nitrogens with zero attached hydrogens (tertiary/aromatic N) is 2. The highest BCUT2D eigenvalue weighted by Crippen LogP contribution is 2.10. The van der Waals surface area contributed by atoms with E-state index in [-0.39, 0.29) is 18.3 Å². The molecule has 1 aromatic rings. The van der Waals surface area contributed by atoms with Gasteiger partial charge in [-0.15, -0.1) is 0 Å². The van der Waals surface area contributed by atoms with Crippen LogP contribution in [0.3, 0.4) is 0 Å². The van der Waals surface area contributed by atoms with Crippen LogP contribution in [0, 0.1) is 5.82 Å². The van der Waals surface area contributed by atoms with Crippen LogP contribution in [0.1, 0.15) is 5.56 Å². The topological polar surface area (TPSA) is 42.0 Å². The van der Waals surface area contributed by atoms with E-state index in [1.165, 1.54) is 6.07 Å². The molecule has 0 N–H and O–H groups in total. The molecule has 5 nitrogen and oxygen atoms in total. The van der Waals surface area contributed by atoms with Crippen LogP contribution in [0.25, 0.3) is 0 Å². The molecule has 0 unspecified atom stereocenters. The predicted molar refractivity (Wildman–Crippen MR) is 81.0 cm³/mol. The normalized spacial score (nSPS) is 16.0. The van der Waals surface area contributed by atoms with E-state index < -0.39 is 0 Å². The first-order chi connectivity index (χ1) is 10.7. The number of amides is 1. The van der Waals surface area contributed by atoms with Crippen molar-refractivity contribution in [1.82, 2.24) is 9.80 Å². The first-order valence-corrected chi connectivity index (χ1v) is 7.50. The number of benzene rings is 1. The zero-order valence-electron chi connectivity index (χ0n) is 13.0. The van der Waals surface area contributed by atoms with Gasteiger partial charge in [0.2, 0.25) is 5.91 Å². The van der Waals surface area contributed by atoms with Crippen molar-refractivity contribution in [3.8, 4) is 0 Å². The van der Waals surface area contributed by atoms with Gasteiger partial charge in [-0.05, 0) is 17.7 Å². The number of methoxy groups -OCH3 is 1. The van der Waals surface area contributed by atoms with Crippen molar-refractivity contribution in [1.29, 1.82) is 0 Å². The fourth-order valence-electron chi connectivity index (χ4n) is 2.44. The van der Waals surface area contributed by atoms with Gasteiger partial charge in [-0.25, -0.2) is 4.39 Å². The van der Waals surface area contributed by atoms with E-state index in [2.05, 4.69) is 4.90 Å². The van der Waals surface area contributed by atoms with Gasteiger partial charge in [0.15, 0.2) is 0 Å². The number of carbonyl (C=O) groups is 1. The molecule has 0 spiro atoms. The Morgan fingerprint density at radius 3 is 2.68 bits per heavy atom. The molecule has 1 amide bonds. The molecule has 1 aliphatic heterocycles. The number of ether oxygens (including phenoxy) is 2. The molecule has 22 heavy (non-hydrogen) atoms. The van der Waals surface area contributed by atoms with Crippen LogP contribution in [0.2, 0.25) is 0 Å². The minimum atomic E-state index is -0.209. The van der Waals surface area contributed by atoms with E-state index in [9.17, 15) is 9.18 Å². The van der Waals surface area contributed by atoms with Gasteiger partial charge in [0, 0.05) is 39.8 Å². The van der Waals surface area contributed by atoms with E-state index in [1.54, 1.807) is 19.2 Å². The number of halogens is 1. The van der Waals surface area contributed by atoms with Gasteiger partial charge in [0.25, 0.3) is 0 Å². The third-order valence-corrected chi connectivity index (χ3v) is 3.68. The molecule has 2 rings (SSSR count). The van der Waals surface area contributed by atoms with Crippen LogP contribution in [0.4, 0.5) is 4.39 Å². The summed E-state index contributed by atoms with van der Waals surface area (Å²) in [5.74, 6) is -0.193. The monoisotopic (exact) mass is 310 g/mol. The van der Waals surface area contributed by atoms with Crippen molar-refractivity contribution in [3.05, 3.63) is 35.6 Å². The zero-order chi connectivity index (χ0) is 15.8. The van der Waals surface area contributed by atoms with Gasteiger partial charge in [0.1, 0.15) is 12.4 Å². The Morgan fingerprint density at radius 1 is 1.23 bits per heavy atom. The standard InChI is InChI=1S/C16H23FN2O3/c1-21-9-10-22-13-16(20)19-7-5-18(6-8-19)12-14-3-2-4-15(17)11-14/h2-4,11H,5-10,12-13H2,1H3. The van der Waals surface area contributed by atoms with E-state index in [1.807, 2.05) is 11.0 Å². The van der Waals surface area contributed by atoms with Crippen LogP contribution in [0.5, 0.6) is 0 Å². The summed E-state index contributed by atoms with van der Waals surface area (Å²) in [6, 6.07) is 6.65. The highest BCUT2D eigenvalue weighted by molar-refractivity contribution is 5.77. The number of piperazine rings is 1. The van der Waals surface area contributed by atoms with E-state index >= 15 is 0 Å². The summed E-state index contributed by atoms with van der Waals surface area (Å²) in [5.41, 5.74) is 0.961. The van der Waals surface area contributed by atoms with Crippen LogP contribution < -0.4 is 0 Å². The first-order valence-electron chi connectivity index (χ1n) is 7.50. The summed E-state index contributed by atoms with van der Waals surface area (Å²) in [6.07, 6.45) is 0. The lowest BCUT2D eigenvalue weighted by Crippen LogP contribution is -2.49. The van der Waals surface area contributed by atoms with Crippen LogP contribution in [-0.4, -0.2) is 68.8 Å². The third-order valence-electron chi connectivity index (χ3n) is 3.68. The molecule has 1 fully saturated rings. The quantitative estimate of drug-likeness (QED) is 0.708. The van der Waals surface area contributed by atoms with E-state index in [0.29, 0.717) is 32.8 Å². The van der Waals surface area contributed by atoms with Crippen molar-refractivity contribution >= 4 is 5.91 Å². The average molecular weight is 310 g/mol. The molecule has 0 bridgehead atoms. The molecule has 122 valence electrons. The summed E-state index contributed by atoms with van der Waals surface area (Å²) < 4.78 is 23.3. The largest absolute Gasteiger partial charge is 0.382 e. The van der Waals surface area contributed by atoms with Crippen molar-refractivity contribution < 1.29 is 18.7 Å². The number of hydrogen-bond donors (Lipinski definition) is 0. The lowest BCUT2D eigenvalue weighted by Gasteiger charge is -2.34. The Balaban J connectivity index is 1.70. The highest BCUT2D eigenvalue weighted by atomic mass is 19.1. The molecule has 1 heterocycles. The Morgan fingerprint density at radius 2 is 2.00 bits per heavy atom. The Bertz CT molecular complexity index is 476. The molecule has 6 heteroatoms. The maximum Gasteiger partial charge on any atom is 0.248 e. The van der Waals surface area contributed by atoms with E-state index in [0.717, 1.165) is 18.7 Å². The summed E-state index contributed by atoms with van der Waals surface area (Å²) in [5, 5.41) is 0. The molecule has 0 aromatic heterocycles. The van der Waals surface area contributed by atoms with Gasteiger partial charge in [-0.2, -0.15) is 0 Å². The second-order valence-corrected chi connectivity index (χ2v) is 5.33. The molecule has 0 radical (unpaired) electrons. The zero-order valence-corrected chi connectivity index (χ0v) is 13.0. The van der Waals surface area contributed by atoms with Crippen LogP contribution in [-0.2, 0) is 20.8 Å². The highest BCUT2D eigenvalue weighted by Gasteiger charge is 2.21. The summed E-state index contributed by atoms with van der Waals surface area (Å²) in [6.45, 7) is 4.69. The Hall–Kier alpha value is -1.50. The van der Waals surface area contributed by atoms with Gasteiger partial charge in [0.05, 0.1) is 13.2 Å². The molecule has 0 aliphatic carbocycles. The van der Waals surface area contributed by atoms with Gasteiger partial charge >= 0.3 is 0 Å². The molecule has 0 atom stereocenters. The molecule has 1 saturated heterocycles. The fourth-order valence-corrected chi connectivity index (χ4v) is 2.44. The lowest BCUT2D eigenvalue weighted by molar-refractivity contribution is -0.138. The Labute approximate surface area is 130 Å². The van der Waals surface area contributed by atoms with Crippen molar-refractivity contribution in [3.63, 3.8) is 0 Å². The summed E-state index contributed by atoms with van der Waals surface area (Å²) >= 11 is 0. The molecule has 0 saturated carbocycles. The molecular formula is C16H23FN2O3. The van der Waals surface area contributed by atoms with Crippen molar-refractivity contribution in [2.24, 2.45) is 0 Å². The molecular weight excluding hydrogens is 287 g/mol. The van der Waals surface area contributed by atoms with Crippen LogP contribution in [0.15, 0.2) is 24.3 Å². The van der Waals surface area contributed by atoms with Crippen LogP contribution >= 0.6 is 0 Å². The predicted octanol–water partition coefficient (Wildman–Crippen LogP) is 1.13. The first kappa shape index (κ1) is 16.9. The second-order valence-electron chi connectivity index (χ2n) is 5.33. The molecule has 1 aromatic carbocycles. The average Bonchev–Trinajstić information content (AvgIpc) is 2.52. The number of hydrogen-bond acceptors (Lipinski definition) is 4. The van der Waals surface area contributed by atoms with Crippen molar-refractivity contribution in [2.45, 2.75) is 6.54 Å². The SMILES string of the molecule is COCCOCC(=O)N1CCN(Cc2cccc(F)c2)CC1. The lowest BCUT2D eigenvalue weighted by atomic mass is 10.2. The summed E-state index contributed by atoms with van der Waals surface area (Å²) in [4.78, 5) is 16.0. The third kappa shape index (κ3) is 5.36. The summed E-state index contributed by atoms with van der Waals surface area (Å²) in [7, 11) is 1.60. The minimum absolute atomic E-state index is 0.0153. The molecule has 1 aliphatic rings. The van der Waals surface area contributed by atoms with Gasteiger partial charge < -0.3 is 14.4 Å². The maximum absolute atomic E-state index is 13.2. The maximum atomic E-state index is 13.2. The van der Waals surface area contributed by atoms with Gasteiger partial charge in [-0.1, -0.05) is 12.1 Å². The number of carbonyl (C=O) groups excluding carboxylic acids is 1. The Kier molecular flexibility index (Phi) is 6.76. The van der Waals surface area contributed by atoms with Crippen molar-refractivity contribution in [2.75, 3.05) is 53.1 Å². The second kappa shape index (κ2) is 8.82. The van der Waals surface area contributed by atoms with E-state index in [4.69, 9.17) is 9.47 Å². The fraction of sp³-hybridized carbons (Fsp3) is 0.562. The van der Waals surface area contributed by atoms with Gasteiger partial charge in [-0.3, -0.25) is 9.69 Å².